The molecule has 2 aromatic heterocycles. The van der Waals surface area contributed by atoms with Crippen LogP contribution in [0.25, 0.3) is 22.2 Å². The molecule has 1 aromatic carbocycles. The predicted molar refractivity (Wildman–Crippen MR) is 64.6 cm³/mol. The Morgan fingerprint density at radius 3 is 2.67 bits per heavy atom. The van der Waals surface area contributed by atoms with Crippen molar-refractivity contribution in [2.75, 3.05) is 0 Å². The first-order valence-electron chi connectivity index (χ1n) is 5.19. The molecule has 0 aliphatic heterocycles. The molecule has 0 spiro atoms. The SMILES string of the molecule is O=c1[nH]cc(-c2c(O)c3ccccc3oc2=O)[nH]1. The maximum atomic E-state index is 11.8. The summed E-state index contributed by atoms with van der Waals surface area (Å²) in [6.45, 7) is 0. The third kappa shape index (κ3) is 1.43. The second kappa shape index (κ2) is 3.63. The number of aromatic hydroxyl groups is 1. The van der Waals surface area contributed by atoms with E-state index in [0.717, 1.165) is 0 Å². The molecule has 0 bridgehead atoms. The molecule has 6 nitrogen and oxygen atoms in total. The van der Waals surface area contributed by atoms with Crippen LogP contribution in [-0.2, 0) is 0 Å². The number of hydrogen-bond donors (Lipinski definition) is 3. The molecule has 0 aliphatic rings. The molecule has 0 fully saturated rings. The van der Waals surface area contributed by atoms with Crippen LogP contribution in [0.15, 0.2) is 44.5 Å². The Kier molecular flexibility index (Phi) is 2.09. The van der Waals surface area contributed by atoms with E-state index in [0.29, 0.717) is 11.0 Å². The summed E-state index contributed by atoms with van der Waals surface area (Å²) in [5.41, 5.74) is -0.746. The van der Waals surface area contributed by atoms with Gasteiger partial charge in [0.2, 0.25) is 0 Å². The van der Waals surface area contributed by atoms with E-state index in [1.54, 1.807) is 24.3 Å². The van der Waals surface area contributed by atoms with Crippen LogP contribution >= 0.6 is 0 Å². The van der Waals surface area contributed by atoms with Gasteiger partial charge in [-0.05, 0) is 12.1 Å². The highest BCUT2D eigenvalue weighted by atomic mass is 16.4. The lowest BCUT2D eigenvalue weighted by Crippen LogP contribution is -2.05. The van der Waals surface area contributed by atoms with Crippen LogP contribution in [0, 0.1) is 0 Å². The van der Waals surface area contributed by atoms with Crippen molar-refractivity contribution >= 4 is 11.0 Å². The normalized spacial score (nSPS) is 10.9. The lowest BCUT2D eigenvalue weighted by molar-refractivity contribution is 0.471. The molecule has 2 heterocycles. The number of benzene rings is 1. The molecule has 0 saturated carbocycles. The molecule has 0 saturated heterocycles. The van der Waals surface area contributed by atoms with Gasteiger partial charge in [-0.25, -0.2) is 9.59 Å². The molecule has 3 rings (SSSR count). The molecule has 0 aliphatic carbocycles. The van der Waals surface area contributed by atoms with Crippen molar-refractivity contribution in [3.63, 3.8) is 0 Å². The van der Waals surface area contributed by atoms with E-state index in [2.05, 4.69) is 9.97 Å². The van der Waals surface area contributed by atoms with Crippen molar-refractivity contribution in [1.29, 1.82) is 0 Å². The van der Waals surface area contributed by atoms with Crippen LogP contribution in [-0.4, -0.2) is 15.1 Å². The first-order valence-corrected chi connectivity index (χ1v) is 5.19. The number of nitrogens with one attached hydrogen (secondary N) is 2. The smallest absolute Gasteiger partial charge is 0.349 e. The van der Waals surface area contributed by atoms with Crippen LogP contribution in [0.5, 0.6) is 5.75 Å². The minimum atomic E-state index is -0.707. The van der Waals surface area contributed by atoms with Crippen LogP contribution in [0.1, 0.15) is 0 Å². The molecule has 0 amide bonds. The number of rotatable bonds is 1. The van der Waals surface area contributed by atoms with Crippen molar-refractivity contribution in [3.05, 3.63) is 51.4 Å². The van der Waals surface area contributed by atoms with Gasteiger partial charge in [0.05, 0.1) is 11.1 Å². The highest BCUT2D eigenvalue weighted by Gasteiger charge is 2.16. The van der Waals surface area contributed by atoms with Gasteiger partial charge in [0.25, 0.3) is 0 Å². The van der Waals surface area contributed by atoms with E-state index < -0.39 is 11.3 Å². The fraction of sp³-hybridized carbons (Fsp3) is 0. The third-order valence-corrected chi connectivity index (χ3v) is 2.65. The van der Waals surface area contributed by atoms with Crippen molar-refractivity contribution in [1.82, 2.24) is 9.97 Å². The van der Waals surface area contributed by atoms with Gasteiger partial charge in [-0.3, -0.25) is 0 Å². The van der Waals surface area contributed by atoms with Crippen LogP contribution in [0.4, 0.5) is 0 Å². The molecule has 3 aromatic rings. The fourth-order valence-electron chi connectivity index (χ4n) is 1.84. The van der Waals surface area contributed by atoms with Gasteiger partial charge in [-0.15, -0.1) is 0 Å². The van der Waals surface area contributed by atoms with E-state index in [9.17, 15) is 14.7 Å². The number of hydrogen-bond acceptors (Lipinski definition) is 4. The Bertz CT molecular complexity index is 841. The lowest BCUT2D eigenvalue weighted by Gasteiger charge is -2.03. The molecule has 0 radical (unpaired) electrons. The Hall–Kier alpha value is -2.76. The van der Waals surface area contributed by atoms with Gasteiger partial charge >= 0.3 is 11.3 Å². The van der Waals surface area contributed by atoms with Gasteiger partial charge < -0.3 is 19.5 Å². The molecule has 6 heteroatoms. The van der Waals surface area contributed by atoms with Crippen molar-refractivity contribution in [2.24, 2.45) is 0 Å². The number of imidazole rings is 1. The summed E-state index contributed by atoms with van der Waals surface area (Å²) in [6.07, 6.45) is 1.31. The molecule has 3 N–H and O–H groups in total. The number of aromatic amines is 2. The first kappa shape index (κ1) is 10.4. The average molecular weight is 244 g/mol. The maximum Gasteiger partial charge on any atom is 0.349 e. The molecular weight excluding hydrogens is 236 g/mol. The quantitative estimate of drug-likeness (QED) is 0.560. The number of fused-ring (bicyclic) bond motifs is 1. The first-order chi connectivity index (χ1) is 8.66. The van der Waals surface area contributed by atoms with E-state index in [1.165, 1.54) is 6.20 Å². The van der Waals surface area contributed by atoms with Crippen molar-refractivity contribution < 1.29 is 9.52 Å². The minimum absolute atomic E-state index is 0.0629. The monoisotopic (exact) mass is 244 g/mol. The Morgan fingerprint density at radius 1 is 1.17 bits per heavy atom. The van der Waals surface area contributed by atoms with Gasteiger partial charge in [-0.1, -0.05) is 12.1 Å². The fourth-order valence-corrected chi connectivity index (χ4v) is 1.84. The lowest BCUT2D eigenvalue weighted by atomic mass is 10.1. The number of aromatic nitrogens is 2. The van der Waals surface area contributed by atoms with E-state index in [4.69, 9.17) is 4.42 Å². The van der Waals surface area contributed by atoms with Gasteiger partial charge in [0, 0.05) is 6.20 Å². The largest absolute Gasteiger partial charge is 0.506 e. The molecule has 0 unspecified atom stereocenters. The zero-order valence-electron chi connectivity index (χ0n) is 9.06. The highest BCUT2D eigenvalue weighted by Crippen LogP contribution is 2.31. The van der Waals surface area contributed by atoms with E-state index >= 15 is 0 Å². The summed E-state index contributed by atoms with van der Waals surface area (Å²) >= 11 is 0. The molecule has 90 valence electrons. The molecule has 18 heavy (non-hydrogen) atoms. The zero-order valence-corrected chi connectivity index (χ0v) is 9.06. The Morgan fingerprint density at radius 2 is 1.94 bits per heavy atom. The molecular formula is C12H8N2O4. The summed E-state index contributed by atoms with van der Waals surface area (Å²) in [4.78, 5) is 27.6. The van der Waals surface area contributed by atoms with Crippen molar-refractivity contribution in [2.45, 2.75) is 0 Å². The number of para-hydroxylation sites is 1. The second-order valence-corrected chi connectivity index (χ2v) is 3.77. The average Bonchev–Trinajstić information content (AvgIpc) is 2.76. The van der Waals surface area contributed by atoms with Gasteiger partial charge in [0.1, 0.15) is 16.9 Å². The van der Waals surface area contributed by atoms with Gasteiger partial charge in [0.15, 0.2) is 0 Å². The Balaban J connectivity index is 2.43. The standard InChI is InChI=1S/C12H8N2O4/c15-10-6-3-1-2-4-8(6)18-11(16)9(10)7-5-13-12(17)14-7/h1-5,15H,(H2,13,14,17). The minimum Gasteiger partial charge on any atom is -0.506 e. The topological polar surface area (TPSA) is 99.1 Å². The summed E-state index contributed by atoms with van der Waals surface area (Å²) in [7, 11) is 0. The number of H-pyrrole nitrogens is 2. The third-order valence-electron chi connectivity index (χ3n) is 2.65. The van der Waals surface area contributed by atoms with Gasteiger partial charge in [-0.2, -0.15) is 0 Å². The molecule has 0 atom stereocenters. The zero-order chi connectivity index (χ0) is 12.7. The van der Waals surface area contributed by atoms with E-state index in [-0.39, 0.29) is 17.0 Å². The van der Waals surface area contributed by atoms with Crippen LogP contribution in [0.3, 0.4) is 0 Å². The van der Waals surface area contributed by atoms with Crippen molar-refractivity contribution in [3.8, 4) is 17.0 Å². The summed E-state index contributed by atoms with van der Waals surface area (Å²) in [5.74, 6) is -0.211. The van der Waals surface area contributed by atoms with E-state index in [1.807, 2.05) is 0 Å². The van der Waals surface area contributed by atoms with Crippen LogP contribution < -0.4 is 11.3 Å². The highest BCUT2D eigenvalue weighted by molar-refractivity contribution is 5.89. The summed E-state index contributed by atoms with van der Waals surface area (Å²) < 4.78 is 5.09. The predicted octanol–water partition coefficient (Wildman–Crippen LogP) is 1.18. The second-order valence-electron chi connectivity index (χ2n) is 3.77. The maximum absolute atomic E-state index is 11.8. The summed E-state index contributed by atoms with van der Waals surface area (Å²) in [6, 6.07) is 6.62. The Labute approximate surface area is 99.5 Å². The summed E-state index contributed by atoms with van der Waals surface area (Å²) in [5, 5.41) is 10.5. The van der Waals surface area contributed by atoms with Crippen LogP contribution in [0.2, 0.25) is 0 Å².